The molecule has 1 rings (SSSR count). The van der Waals surface area contributed by atoms with Crippen LogP contribution in [0.15, 0.2) is 18.2 Å². The highest BCUT2D eigenvalue weighted by atomic mass is 16.1. The molecule has 0 aliphatic rings. The van der Waals surface area contributed by atoms with Crippen molar-refractivity contribution in [2.45, 2.75) is 33.1 Å². The van der Waals surface area contributed by atoms with Gasteiger partial charge in [0.05, 0.1) is 6.42 Å². The van der Waals surface area contributed by atoms with Gasteiger partial charge >= 0.3 is 0 Å². The molecule has 0 aliphatic carbocycles. The van der Waals surface area contributed by atoms with E-state index in [9.17, 15) is 4.79 Å². The second-order valence-electron chi connectivity index (χ2n) is 4.19. The van der Waals surface area contributed by atoms with Gasteiger partial charge in [-0.1, -0.05) is 37.0 Å². The van der Waals surface area contributed by atoms with Gasteiger partial charge in [0.2, 0.25) is 5.91 Å². The minimum absolute atomic E-state index is 0.0422. The average molecular weight is 229 g/mol. The number of carbonyl (C=O) groups is 1. The largest absolute Gasteiger partial charge is 0.356 e. The standard InChI is InChI=1S/C15H19NO/c1-4-6-9-16-15(17)11-14-10-12(3)7-8-13(14)5-2/h2,7-8,10H,4,6,9,11H2,1,3H3,(H,16,17). The van der Waals surface area contributed by atoms with Crippen LogP contribution in [0.1, 0.15) is 36.5 Å². The van der Waals surface area contributed by atoms with Gasteiger partial charge in [0.15, 0.2) is 0 Å². The van der Waals surface area contributed by atoms with E-state index in [1.807, 2.05) is 25.1 Å². The van der Waals surface area contributed by atoms with E-state index < -0.39 is 0 Å². The van der Waals surface area contributed by atoms with Gasteiger partial charge in [0.25, 0.3) is 0 Å². The SMILES string of the molecule is C#Cc1ccc(C)cc1CC(=O)NCCCC. The molecular weight excluding hydrogens is 210 g/mol. The number of hydrogen-bond donors (Lipinski definition) is 1. The molecule has 1 aromatic rings. The molecule has 0 fully saturated rings. The fraction of sp³-hybridized carbons (Fsp3) is 0.400. The van der Waals surface area contributed by atoms with Crippen LogP contribution < -0.4 is 5.32 Å². The molecule has 90 valence electrons. The molecule has 0 atom stereocenters. The summed E-state index contributed by atoms with van der Waals surface area (Å²) in [5, 5.41) is 2.90. The molecule has 1 N–H and O–H groups in total. The molecule has 0 aliphatic heterocycles. The Balaban J connectivity index is 2.64. The zero-order chi connectivity index (χ0) is 12.7. The molecule has 0 saturated heterocycles. The summed E-state index contributed by atoms with van der Waals surface area (Å²) in [5.74, 6) is 2.66. The predicted molar refractivity (Wildman–Crippen MR) is 70.7 cm³/mol. The minimum atomic E-state index is 0.0422. The van der Waals surface area contributed by atoms with Crippen molar-refractivity contribution in [1.82, 2.24) is 5.32 Å². The van der Waals surface area contributed by atoms with Crippen molar-refractivity contribution in [1.29, 1.82) is 0 Å². The third-order valence-corrected chi connectivity index (χ3v) is 2.62. The number of hydrogen-bond acceptors (Lipinski definition) is 1. The molecule has 2 nitrogen and oxygen atoms in total. The van der Waals surface area contributed by atoms with Gasteiger partial charge in [0.1, 0.15) is 0 Å². The van der Waals surface area contributed by atoms with Gasteiger partial charge in [-0.3, -0.25) is 4.79 Å². The number of nitrogens with one attached hydrogen (secondary N) is 1. The van der Waals surface area contributed by atoms with Gasteiger partial charge in [-0.2, -0.15) is 0 Å². The van der Waals surface area contributed by atoms with Crippen LogP contribution in [0.25, 0.3) is 0 Å². The molecule has 17 heavy (non-hydrogen) atoms. The highest BCUT2D eigenvalue weighted by Gasteiger charge is 2.06. The average Bonchev–Trinajstić information content (AvgIpc) is 2.29. The number of amides is 1. The molecule has 0 heterocycles. The maximum atomic E-state index is 11.7. The second kappa shape index (κ2) is 6.75. The number of rotatable bonds is 5. The van der Waals surface area contributed by atoms with Gasteiger partial charge in [-0.15, -0.1) is 6.42 Å². The highest BCUT2D eigenvalue weighted by Crippen LogP contribution is 2.11. The molecule has 1 amide bonds. The summed E-state index contributed by atoms with van der Waals surface area (Å²) in [6.45, 7) is 4.84. The molecule has 0 spiro atoms. The smallest absolute Gasteiger partial charge is 0.224 e. The Morgan fingerprint density at radius 1 is 1.47 bits per heavy atom. The molecule has 0 bridgehead atoms. The first-order chi connectivity index (χ1) is 8.17. The lowest BCUT2D eigenvalue weighted by Crippen LogP contribution is -2.26. The summed E-state index contributed by atoms with van der Waals surface area (Å²) < 4.78 is 0. The van der Waals surface area contributed by atoms with E-state index in [0.29, 0.717) is 6.42 Å². The first-order valence-electron chi connectivity index (χ1n) is 6.00. The lowest BCUT2D eigenvalue weighted by atomic mass is 10.0. The van der Waals surface area contributed by atoms with Crippen molar-refractivity contribution in [2.24, 2.45) is 0 Å². The Kier molecular flexibility index (Phi) is 5.29. The molecular formula is C15H19NO. The lowest BCUT2D eigenvalue weighted by Gasteiger charge is -2.07. The summed E-state index contributed by atoms with van der Waals surface area (Å²) in [4.78, 5) is 11.7. The van der Waals surface area contributed by atoms with Gasteiger partial charge < -0.3 is 5.32 Å². The van der Waals surface area contributed by atoms with E-state index in [0.717, 1.165) is 36.1 Å². The third kappa shape index (κ3) is 4.32. The second-order valence-corrected chi connectivity index (χ2v) is 4.19. The summed E-state index contributed by atoms with van der Waals surface area (Å²) in [6, 6.07) is 5.84. The van der Waals surface area contributed by atoms with Crippen molar-refractivity contribution in [3.63, 3.8) is 0 Å². The molecule has 0 aromatic heterocycles. The van der Waals surface area contributed by atoms with E-state index in [1.165, 1.54) is 0 Å². The van der Waals surface area contributed by atoms with Crippen molar-refractivity contribution < 1.29 is 4.79 Å². The fourth-order valence-electron chi connectivity index (χ4n) is 1.65. The summed E-state index contributed by atoms with van der Waals surface area (Å²) in [5.41, 5.74) is 2.86. The van der Waals surface area contributed by atoms with E-state index in [1.54, 1.807) is 0 Å². The Hall–Kier alpha value is -1.75. The van der Waals surface area contributed by atoms with Crippen LogP contribution in [-0.2, 0) is 11.2 Å². The van der Waals surface area contributed by atoms with Gasteiger partial charge in [-0.05, 0) is 25.0 Å². The van der Waals surface area contributed by atoms with Crippen LogP contribution in [0.4, 0.5) is 0 Å². The molecule has 2 heteroatoms. The molecule has 0 radical (unpaired) electrons. The lowest BCUT2D eigenvalue weighted by molar-refractivity contribution is -0.120. The van der Waals surface area contributed by atoms with Gasteiger partial charge in [-0.25, -0.2) is 0 Å². The van der Waals surface area contributed by atoms with Crippen LogP contribution in [0.5, 0.6) is 0 Å². The highest BCUT2D eigenvalue weighted by molar-refractivity contribution is 5.79. The molecule has 0 saturated carbocycles. The normalized spacial score (nSPS) is 9.71. The maximum Gasteiger partial charge on any atom is 0.224 e. The van der Waals surface area contributed by atoms with Crippen molar-refractivity contribution in [3.05, 3.63) is 34.9 Å². The summed E-state index contributed by atoms with van der Waals surface area (Å²) in [7, 11) is 0. The monoisotopic (exact) mass is 229 g/mol. The van der Waals surface area contributed by atoms with E-state index in [4.69, 9.17) is 6.42 Å². The third-order valence-electron chi connectivity index (χ3n) is 2.62. The fourth-order valence-corrected chi connectivity index (χ4v) is 1.65. The van der Waals surface area contributed by atoms with Crippen molar-refractivity contribution >= 4 is 5.91 Å². The Bertz CT molecular complexity index is 429. The maximum absolute atomic E-state index is 11.7. The zero-order valence-electron chi connectivity index (χ0n) is 10.5. The van der Waals surface area contributed by atoms with Crippen molar-refractivity contribution in [2.75, 3.05) is 6.54 Å². The summed E-state index contributed by atoms with van der Waals surface area (Å²) in [6.07, 6.45) is 7.88. The number of unbranched alkanes of at least 4 members (excludes halogenated alkanes) is 1. The quantitative estimate of drug-likeness (QED) is 0.610. The Morgan fingerprint density at radius 3 is 2.88 bits per heavy atom. The number of aryl methyl sites for hydroxylation is 1. The number of benzene rings is 1. The van der Waals surface area contributed by atoms with Crippen LogP contribution >= 0.6 is 0 Å². The Morgan fingerprint density at radius 2 is 2.24 bits per heavy atom. The van der Waals surface area contributed by atoms with Crippen LogP contribution in [-0.4, -0.2) is 12.5 Å². The van der Waals surface area contributed by atoms with E-state index in [2.05, 4.69) is 18.2 Å². The zero-order valence-corrected chi connectivity index (χ0v) is 10.5. The summed E-state index contributed by atoms with van der Waals surface area (Å²) >= 11 is 0. The first kappa shape index (κ1) is 13.3. The van der Waals surface area contributed by atoms with Crippen molar-refractivity contribution in [3.8, 4) is 12.3 Å². The van der Waals surface area contributed by atoms with E-state index in [-0.39, 0.29) is 5.91 Å². The molecule has 0 unspecified atom stereocenters. The van der Waals surface area contributed by atoms with Crippen LogP contribution in [0.3, 0.4) is 0 Å². The van der Waals surface area contributed by atoms with Crippen LogP contribution in [0, 0.1) is 19.3 Å². The van der Waals surface area contributed by atoms with E-state index >= 15 is 0 Å². The number of carbonyl (C=O) groups excluding carboxylic acids is 1. The number of terminal acetylenes is 1. The predicted octanol–water partition coefficient (Wildman–Crippen LogP) is 2.44. The van der Waals surface area contributed by atoms with Gasteiger partial charge in [0, 0.05) is 12.1 Å². The minimum Gasteiger partial charge on any atom is -0.356 e. The van der Waals surface area contributed by atoms with Crippen LogP contribution in [0.2, 0.25) is 0 Å². The topological polar surface area (TPSA) is 29.1 Å². The first-order valence-corrected chi connectivity index (χ1v) is 6.00. The Labute approximate surface area is 103 Å². The molecule has 1 aromatic carbocycles.